The van der Waals surface area contributed by atoms with Crippen molar-refractivity contribution in [3.05, 3.63) is 41.2 Å². The monoisotopic (exact) mass is 259 g/mol. The number of carbonyl (C=O) groups is 1. The number of carbonyl (C=O) groups excluding carboxylic acids is 1. The molecule has 0 saturated heterocycles. The Morgan fingerprint density at radius 3 is 2.32 bits per heavy atom. The van der Waals surface area contributed by atoms with Crippen molar-refractivity contribution in [2.24, 2.45) is 0 Å². The van der Waals surface area contributed by atoms with Crippen LogP contribution in [0.25, 0.3) is 0 Å². The third kappa shape index (κ3) is 3.15. The second-order valence-corrected chi connectivity index (χ2v) is 4.75. The van der Waals surface area contributed by atoms with Gasteiger partial charge in [-0.25, -0.2) is 0 Å². The first-order valence-electron chi connectivity index (χ1n) is 6.22. The summed E-state index contributed by atoms with van der Waals surface area (Å²) in [7, 11) is 0. The summed E-state index contributed by atoms with van der Waals surface area (Å²) in [5, 5.41) is 15.7. The minimum atomic E-state index is -0.339. The van der Waals surface area contributed by atoms with E-state index in [0.717, 1.165) is 5.56 Å². The van der Waals surface area contributed by atoms with E-state index in [1.807, 2.05) is 19.1 Å². The van der Waals surface area contributed by atoms with Gasteiger partial charge in [0.15, 0.2) is 0 Å². The van der Waals surface area contributed by atoms with E-state index in [0.29, 0.717) is 5.92 Å². The zero-order valence-corrected chi connectivity index (χ0v) is 11.2. The zero-order chi connectivity index (χ0) is 13.8. The summed E-state index contributed by atoms with van der Waals surface area (Å²) in [6.45, 7) is 6.22. The highest BCUT2D eigenvalue weighted by molar-refractivity contribution is 5.90. The number of hydrogen-bond donors (Lipinski definition) is 2. The number of nitrogens with zero attached hydrogens (tertiary/aromatic N) is 3. The first-order chi connectivity index (χ1) is 9.08. The number of benzene rings is 1. The minimum absolute atomic E-state index is 0.0469. The fourth-order valence-corrected chi connectivity index (χ4v) is 1.77. The summed E-state index contributed by atoms with van der Waals surface area (Å²) in [6, 6.07) is 8.10. The molecule has 19 heavy (non-hydrogen) atoms. The molecule has 0 aliphatic rings. The largest absolute Gasteiger partial charge is 0.343 e. The molecule has 1 aromatic carbocycles. The molecule has 1 atom stereocenters. The topological polar surface area (TPSA) is 83.6 Å². The van der Waals surface area contributed by atoms with Gasteiger partial charge in [0.1, 0.15) is 0 Å². The number of aromatic nitrogens is 4. The normalized spacial score (nSPS) is 12.4. The average molecular weight is 259 g/mol. The van der Waals surface area contributed by atoms with Crippen LogP contribution >= 0.6 is 0 Å². The van der Waals surface area contributed by atoms with E-state index in [1.54, 1.807) is 0 Å². The van der Waals surface area contributed by atoms with E-state index in [-0.39, 0.29) is 17.8 Å². The van der Waals surface area contributed by atoms with Gasteiger partial charge in [0, 0.05) is 0 Å². The molecule has 2 N–H and O–H groups in total. The van der Waals surface area contributed by atoms with Crippen LogP contribution < -0.4 is 5.32 Å². The highest BCUT2D eigenvalue weighted by atomic mass is 16.2. The molecule has 1 heterocycles. The van der Waals surface area contributed by atoms with Crippen LogP contribution in [0.4, 0.5) is 0 Å². The van der Waals surface area contributed by atoms with Gasteiger partial charge < -0.3 is 5.32 Å². The third-order valence-corrected chi connectivity index (χ3v) is 3.00. The van der Waals surface area contributed by atoms with E-state index < -0.39 is 0 Å². The summed E-state index contributed by atoms with van der Waals surface area (Å²) in [5.74, 6) is 0.207. The maximum absolute atomic E-state index is 11.8. The molecular formula is C13H17N5O. The summed E-state index contributed by atoms with van der Waals surface area (Å²) in [4.78, 5) is 11.8. The molecule has 100 valence electrons. The molecule has 2 rings (SSSR count). The van der Waals surface area contributed by atoms with Gasteiger partial charge in [0.2, 0.25) is 0 Å². The molecule has 6 nitrogen and oxygen atoms in total. The molecule has 6 heteroatoms. The average Bonchev–Trinajstić information content (AvgIpc) is 2.92. The molecule has 1 amide bonds. The molecular weight excluding hydrogens is 242 g/mol. The van der Waals surface area contributed by atoms with E-state index in [4.69, 9.17) is 0 Å². The van der Waals surface area contributed by atoms with Crippen molar-refractivity contribution >= 4 is 5.91 Å². The highest BCUT2D eigenvalue weighted by Crippen LogP contribution is 2.18. The Bertz CT molecular complexity index is 533. The number of hydrogen-bond acceptors (Lipinski definition) is 4. The standard InChI is InChI=1S/C13H17N5O/c1-8(2)10-4-6-11(7-5-10)9(3)14-13(19)12-15-17-18-16-12/h4-9H,1-3H3,(H,14,19)(H,15,16,17,18). The van der Waals surface area contributed by atoms with Gasteiger partial charge in [-0.15, -0.1) is 10.2 Å². The number of H-pyrrole nitrogens is 1. The molecule has 0 saturated carbocycles. The van der Waals surface area contributed by atoms with Crippen molar-refractivity contribution < 1.29 is 4.79 Å². The lowest BCUT2D eigenvalue weighted by Crippen LogP contribution is -2.27. The van der Waals surface area contributed by atoms with Crippen LogP contribution in [0.15, 0.2) is 24.3 Å². The van der Waals surface area contributed by atoms with Crippen LogP contribution in [0, 0.1) is 0 Å². The Labute approximate surface area is 111 Å². The third-order valence-electron chi connectivity index (χ3n) is 3.00. The number of nitrogens with one attached hydrogen (secondary N) is 2. The molecule has 0 fully saturated rings. The first kappa shape index (κ1) is 13.2. The lowest BCUT2D eigenvalue weighted by molar-refractivity contribution is 0.0929. The highest BCUT2D eigenvalue weighted by Gasteiger charge is 2.14. The molecule has 1 unspecified atom stereocenters. The Hall–Kier alpha value is -2.24. The van der Waals surface area contributed by atoms with Gasteiger partial charge in [-0.1, -0.05) is 38.1 Å². The molecule has 2 aromatic rings. The Morgan fingerprint density at radius 1 is 1.16 bits per heavy atom. The van der Waals surface area contributed by atoms with Crippen molar-refractivity contribution in [2.45, 2.75) is 32.7 Å². The summed E-state index contributed by atoms with van der Waals surface area (Å²) in [6.07, 6.45) is 0. The number of amides is 1. The van der Waals surface area contributed by atoms with Crippen molar-refractivity contribution in [2.75, 3.05) is 0 Å². The maximum atomic E-state index is 11.8. The van der Waals surface area contributed by atoms with Gasteiger partial charge in [-0.3, -0.25) is 4.79 Å². The van der Waals surface area contributed by atoms with Crippen molar-refractivity contribution in [3.8, 4) is 0 Å². The second-order valence-electron chi connectivity index (χ2n) is 4.75. The Balaban J connectivity index is 2.03. The predicted octanol–water partition coefficient (Wildman–Crippen LogP) is 1.81. The number of rotatable bonds is 4. The fourth-order valence-electron chi connectivity index (χ4n) is 1.77. The van der Waals surface area contributed by atoms with Gasteiger partial charge in [0.05, 0.1) is 6.04 Å². The molecule has 0 spiro atoms. The summed E-state index contributed by atoms with van der Waals surface area (Å²) >= 11 is 0. The van der Waals surface area contributed by atoms with E-state index >= 15 is 0 Å². The number of tetrazole rings is 1. The van der Waals surface area contributed by atoms with Gasteiger partial charge >= 0.3 is 0 Å². The SMILES string of the molecule is CC(C)c1ccc(C(C)NC(=O)c2nn[nH]n2)cc1. The quantitative estimate of drug-likeness (QED) is 0.877. The van der Waals surface area contributed by atoms with E-state index in [1.165, 1.54) is 5.56 Å². The molecule has 0 radical (unpaired) electrons. The van der Waals surface area contributed by atoms with Crippen LogP contribution in [-0.4, -0.2) is 26.5 Å². The van der Waals surface area contributed by atoms with Crippen LogP contribution in [0.1, 0.15) is 54.5 Å². The Morgan fingerprint density at radius 2 is 1.79 bits per heavy atom. The smallest absolute Gasteiger partial charge is 0.293 e. The second kappa shape index (κ2) is 5.60. The van der Waals surface area contributed by atoms with Gasteiger partial charge in [0.25, 0.3) is 11.7 Å². The van der Waals surface area contributed by atoms with Crippen LogP contribution in [0.5, 0.6) is 0 Å². The zero-order valence-electron chi connectivity index (χ0n) is 11.2. The summed E-state index contributed by atoms with van der Waals surface area (Å²) in [5.41, 5.74) is 2.32. The Kier molecular flexibility index (Phi) is 3.89. The maximum Gasteiger partial charge on any atom is 0.293 e. The minimum Gasteiger partial charge on any atom is -0.343 e. The molecule has 0 aliphatic carbocycles. The van der Waals surface area contributed by atoms with Crippen molar-refractivity contribution in [1.29, 1.82) is 0 Å². The first-order valence-corrected chi connectivity index (χ1v) is 6.22. The van der Waals surface area contributed by atoms with E-state index in [9.17, 15) is 4.79 Å². The molecule has 0 bridgehead atoms. The molecule has 1 aromatic heterocycles. The fraction of sp³-hybridized carbons (Fsp3) is 0.385. The van der Waals surface area contributed by atoms with E-state index in [2.05, 4.69) is 51.9 Å². The van der Waals surface area contributed by atoms with Gasteiger partial charge in [-0.2, -0.15) is 5.21 Å². The summed E-state index contributed by atoms with van der Waals surface area (Å²) < 4.78 is 0. The van der Waals surface area contributed by atoms with Gasteiger partial charge in [-0.05, 0) is 29.2 Å². The lowest BCUT2D eigenvalue weighted by atomic mass is 9.99. The number of aromatic amines is 1. The van der Waals surface area contributed by atoms with Crippen LogP contribution in [0.2, 0.25) is 0 Å². The van der Waals surface area contributed by atoms with Crippen molar-refractivity contribution in [1.82, 2.24) is 25.9 Å². The van der Waals surface area contributed by atoms with Crippen molar-refractivity contribution in [3.63, 3.8) is 0 Å². The van der Waals surface area contributed by atoms with Crippen LogP contribution in [0.3, 0.4) is 0 Å². The molecule has 0 aliphatic heterocycles. The predicted molar refractivity (Wildman–Crippen MR) is 70.6 cm³/mol. The lowest BCUT2D eigenvalue weighted by Gasteiger charge is -2.14. The van der Waals surface area contributed by atoms with Crippen LogP contribution in [-0.2, 0) is 0 Å².